The highest BCUT2D eigenvalue weighted by molar-refractivity contribution is 5.98. The lowest BCUT2D eigenvalue weighted by Gasteiger charge is -2.10. The molecule has 2 N–H and O–H groups in total. The molecule has 1 heterocycles. The highest BCUT2D eigenvalue weighted by atomic mass is 16.5. The van der Waals surface area contributed by atoms with Gasteiger partial charge in [-0.2, -0.15) is 5.10 Å². The first-order valence-corrected chi connectivity index (χ1v) is 9.03. The van der Waals surface area contributed by atoms with E-state index >= 15 is 0 Å². The molecular formula is C21H22N4O3. The first kappa shape index (κ1) is 19.2. The van der Waals surface area contributed by atoms with Crippen LogP contribution in [0.3, 0.4) is 0 Å². The van der Waals surface area contributed by atoms with Gasteiger partial charge < -0.3 is 15.4 Å². The molecule has 144 valence electrons. The minimum absolute atomic E-state index is 0.119. The average Bonchev–Trinajstić information content (AvgIpc) is 3.21. The zero-order valence-electron chi connectivity index (χ0n) is 15.6. The number of hydrogen-bond acceptors (Lipinski definition) is 4. The van der Waals surface area contributed by atoms with E-state index in [0.717, 1.165) is 11.3 Å². The Morgan fingerprint density at radius 2 is 1.79 bits per heavy atom. The molecule has 0 fully saturated rings. The van der Waals surface area contributed by atoms with Crippen LogP contribution in [0, 0.1) is 0 Å². The summed E-state index contributed by atoms with van der Waals surface area (Å²) in [5.74, 6) is -0.137. The topological polar surface area (TPSA) is 85.2 Å². The standard InChI is InChI=1S/C21H22N4O3/c1-2-28-19-11-7-6-10-18(19)21(27)23-14-20(26)22-12-16-13-24-25(15-16)17-8-4-3-5-9-17/h3-11,13,15H,2,12,14H2,1H3,(H,22,26)(H,23,27). The molecule has 3 rings (SSSR count). The number of carbonyl (C=O) groups is 2. The van der Waals surface area contributed by atoms with Gasteiger partial charge in [0, 0.05) is 18.3 Å². The van der Waals surface area contributed by atoms with Crippen molar-refractivity contribution in [1.29, 1.82) is 0 Å². The summed E-state index contributed by atoms with van der Waals surface area (Å²) in [6, 6.07) is 16.6. The Labute approximate surface area is 163 Å². The summed E-state index contributed by atoms with van der Waals surface area (Å²) in [5.41, 5.74) is 2.21. The van der Waals surface area contributed by atoms with E-state index in [2.05, 4.69) is 15.7 Å². The molecule has 0 aliphatic heterocycles. The van der Waals surface area contributed by atoms with Crippen LogP contribution >= 0.6 is 0 Å². The first-order chi connectivity index (χ1) is 13.7. The molecule has 28 heavy (non-hydrogen) atoms. The SMILES string of the molecule is CCOc1ccccc1C(=O)NCC(=O)NCc1cnn(-c2ccccc2)c1. The summed E-state index contributed by atoms with van der Waals surface area (Å²) < 4.78 is 7.18. The number of rotatable bonds is 8. The van der Waals surface area contributed by atoms with Crippen LogP contribution in [0.5, 0.6) is 5.75 Å². The summed E-state index contributed by atoms with van der Waals surface area (Å²) in [4.78, 5) is 24.4. The van der Waals surface area contributed by atoms with Crippen molar-refractivity contribution in [2.24, 2.45) is 0 Å². The quantitative estimate of drug-likeness (QED) is 0.630. The van der Waals surface area contributed by atoms with Crippen LogP contribution in [-0.2, 0) is 11.3 Å². The van der Waals surface area contributed by atoms with E-state index in [9.17, 15) is 9.59 Å². The van der Waals surface area contributed by atoms with E-state index in [0.29, 0.717) is 24.5 Å². The van der Waals surface area contributed by atoms with Crippen molar-refractivity contribution in [2.75, 3.05) is 13.2 Å². The van der Waals surface area contributed by atoms with E-state index in [1.807, 2.05) is 43.5 Å². The molecule has 7 heteroatoms. The van der Waals surface area contributed by atoms with E-state index < -0.39 is 0 Å². The van der Waals surface area contributed by atoms with Crippen molar-refractivity contribution in [1.82, 2.24) is 20.4 Å². The van der Waals surface area contributed by atoms with Crippen LogP contribution in [0.4, 0.5) is 0 Å². The van der Waals surface area contributed by atoms with E-state index in [4.69, 9.17) is 4.74 Å². The van der Waals surface area contributed by atoms with Crippen LogP contribution < -0.4 is 15.4 Å². The van der Waals surface area contributed by atoms with Crippen molar-refractivity contribution in [3.8, 4) is 11.4 Å². The zero-order valence-corrected chi connectivity index (χ0v) is 15.6. The lowest BCUT2D eigenvalue weighted by atomic mass is 10.2. The predicted octanol–water partition coefficient (Wildman–Crippen LogP) is 2.32. The van der Waals surface area contributed by atoms with Gasteiger partial charge in [0.2, 0.25) is 5.91 Å². The van der Waals surface area contributed by atoms with Crippen LogP contribution in [0.15, 0.2) is 67.0 Å². The summed E-state index contributed by atoms with van der Waals surface area (Å²) in [7, 11) is 0. The van der Waals surface area contributed by atoms with Gasteiger partial charge in [-0.25, -0.2) is 4.68 Å². The number of benzene rings is 2. The second-order valence-electron chi connectivity index (χ2n) is 6.02. The second kappa shape index (κ2) is 9.36. The van der Waals surface area contributed by atoms with Crippen molar-refractivity contribution >= 4 is 11.8 Å². The molecule has 0 saturated carbocycles. The molecule has 0 unspecified atom stereocenters. The Bertz CT molecular complexity index is 938. The molecule has 2 amide bonds. The maximum Gasteiger partial charge on any atom is 0.255 e. The molecule has 0 radical (unpaired) electrons. The molecule has 0 aliphatic carbocycles. The maximum atomic E-state index is 12.3. The first-order valence-electron chi connectivity index (χ1n) is 9.03. The number of nitrogens with zero attached hydrogens (tertiary/aromatic N) is 2. The smallest absolute Gasteiger partial charge is 0.255 e. The number of carbonyl (C=O) groups excluding carboxylic acids is 2. The number of amides is 2. The van der Waals surface area contributed by atoms with E-state index in [-0.39, 0.29) is 18.4 Å². The van der Waals surface area contributed by atoms with Gasteiger partial charge in [0.1, 0.15) is 5.75 Å². The molecular weight excluding hydrogens is 356 g/mol. The third kappa shape index (κ3) is 4.97. The number of para-hydroxylation sites is 2. The monoisotopic (exact) mass is 378 g/mol. The third-order valence-electron chi connectivity index (χ3n) is 3.99. The van der Waals surface area contributed by atoms with Gasteiger partial charge in [-0.3, -0.25) is 9.59 Å². The normalized spacial score (nSPS) is 10.3. The lowest BCUT2D eigenvalue weighted by molar-refractivity contribution is -0.120. The van der Waals surface area contributed by atoms with Gasteiger partial charge in [-0.15, -0.1) is 0 Å². The minimum Gasteiger partial charge on any atom is -0.493 e. The third-order valence-corrected chi connectivity index (χ3v) is 3.99. The molecule has 1 aromatic heterocycles. The Morgan fingerprint density at radius 1 is 1.04 bits per heavy atom. The number of nitrogens with one attached hydrogen (secondary N) is 2. The van der Waals surface area contributed by atoms with Gasteiger partial charge in [0.05, 0.1) is 30.6 Å². The van der Waals surface area contributed by atoms with E-state index in [1.54, 1.807) is 35.1 Å². The Hall–Kier alpha value is -3.61. The molecule has 0 saturated heterocycles. The largest absolute Gasteiger partial charge is 0.493 e. The van der Waals surface area contributed by atoms with Crippen molar-refractivity contribution in [3.63, 3.8) is 0 Å². The Kier molecular flexibility index (Phi) is 6.41. The fraction of sp³-hybridized carbons (Fsp3) is 0.190. The van der Waals surface area contributed by atoms with Gasteiger partial charge >= 0.3 is 0 Å². The van der Waals surface area contributed by atoms with Gasteiger partial charge in [-0.05, 0) is 31.2 Å². The summed E-state index contributed by atoms with van der Waals surface area (Å²) in [6.07, 6.45) is 3.55. The van der Waals surface area contributed by atoms with Gasteiger partial charge in [-0.1, -0.05) is 30.3 Å². The number of aromatic nitrogens is 2. The second-order valence-corrected chi connectivity index (χ2v) is 6.02. The predicted molar refractivity (Wildman–Crippen MR) is 105 cm³/mol. The van der Waals surface area contributed by atoms with E-state index in [1.165, 1.54) is 0 Å². The molecule has 0 aliphatic rings. The fourth-order valence-corrected chi connectivity index (χ4v) is 2.63. The van der Waals surface area contributed by atoms with Crippen LogP contribution in [-0.4, -0.2) is 34.7 Å². The summed E-state index contributed by atoms with van der Waals surface area (Å²) in [5, 5.41) is 9.67. The average molecular weight is 378 g/mol. The highest BCUT2D eigenvalue weighted by Gasteiger charge is 2.13. The number of hydrogen-bond donors (Lipinski definition) is 2. The Morgan fingerprint density at radius 3 is 2.57 bits per heavy atom. The highest BCUT2D eigenvalue weighted by Crippen LogP contribution is 2.17. The molecule has 7 nitrogen and oxygen atoms in total. The van der Waals surface area contributed by atoms with Crippen LogP contribution in [0.1, 0.15) is 22.8 Å². The Balaban J connectivity index is 1.49. The number of ether oxygens (including phenoxy) is 1. The molecule has 0 atom stereocenters. The molecule has 0 bridgehead atoms. The van der Waals surface area contributed by atoms with Crippen molar-refractivity contribution in [2.45, 2.75) is 13.5 Å². The lowest BCUT2D eigenvalue weighted by Crippen LogP contribution is -2.36. The fourth-order valence-electron chi connectivity index (χ4n) is 2.63. The van der Waals surface area contributed by atoms with Crippen LogP contribution in [0.25, 0.3) is 5.69 Å². The maximum absolute atomic E-state index is 12.3. The molecule has 3 aromatic rings. The van der Waals surface area contributed by atoms with Gasteiger partial charge in [0.25, 0.3) is 5.91 Å². The van der Waals surface area contributed by atoms with Crippen molar-refractivity contribution in [3.05, 3.63) is 78.1 Å². The summed E-state index contributed by atoms with van der Waals surface area (Å²) in [6.45, 7) is 2.52. The zero-order chi connectivity index (χ0) is 19.8. The van der Waals surface area contributed by atoms with Crippen LogP contribution in [0.2, 0.25) is 0 Å². The molecule has 2 aromatic carbocycles. The van der Waals surface area contributed by atoms with Gasteiger partial charge in [0.15, 0.2) is 0 Å². The minimum atomic E-state index is -0.351. The van der Waals surface area contributed by atoms with Crippen molar-refractivity contribution < 1.29 is 14.3 Å². The summed E-state index contributed by atoms with van der Waals surface area (Å²) >= 11 is 0. The molecule has 0 spiro atoms.